The fraction of sp³-hybridized carbons (Fsp3) is 0.300. The van der Waals surface area contributed by atoms with Crippen LogP contribution < -0.4 is 15.1 Å². The number of hydrogen-bond acceptors (Lipinski definition) is 5. The summed E-state index contributed by atoms with van der Waals surface area (Å²) < 4.78 is 0. The largest absolute Gasteiger partial charge is 0.355 e. The molecule has 0 radical (unpaired) electrons. The Kier molecular flexibility index (Phi) is 6.46. The number of ketones is 1. The number of nitrogens with one attached hydrogen (secondary N) is 2. The lowest BCUT2D eigenvalue weighted by molar-refractivity contribution is -0.892. The zero-order chi connectivity index (χ0) is 21.0. The Morgan fingerprint density at radius 3 is 2.52 bits per heavy atom. The molecular weight excluding hydrogens is 396 g/mol. The van der Waals surface area contributed by atoms with Gasteiger partial charge < -0.3 is 15.1 Å². The Bertz CT molecular complexity index is 942. The van der Waals surface area contributed by atoms with E-state index in [1.165, 1.54) is 13.0 Å². The predicted octanol–water partition coefficient (Wildman–Crippen LogP) is 1.79. The highest BCUT2D eigenvalue weighted by molar-refractivity contribution is 6.33. The van der Waals surface area contributed by atoms with E-state index in [1.807, 2.05) is 4.90 Å². The second-order valence-corrected chi connectivity index (χ2v) is 7.37. The van der Waals surface area contributed by atoms with Crippen molar-refractivity contribution in [1.29, 1.82) is 0 Å². The molecular formula is C20H22ClN4O4+. The van der Waals surface area contributed by atoms with Gasteiger partial charge in [0.05, 0.1) is 41.8 Å². The van der Waals surface area contributed by atoms with E-state index in [9.17, 15) is 19.7 Å². The number of carbonyl (C=O) groups is 2. The minimum absolute atomic E-state index is 0.0717. The van der Waals surface area contributed by atoms with Gasteiger partial charge >= 0.3 is 0 Å². The van der Waals surface area contributed by atoms with Gasteiger partial charge in [-0.05, 0) is 31.2 Å². The third kappa shape index (κ3) is 5.10. The highest BCUT2D eigenvalue weighted by Crippen LogP contribution is 2.29. The molecule has 9 heteroatoms. The number of quaternary nitrogens is 1. The first-order chi connectivity index (χ1) is 13.8. The van der Waals surface area contributed by atoms with Crippen LogP contribution in [0.3, 0.4) is 0 Å². The van der Waals surface area contributed by atoms with Crippen LogP contribution in [0, 0.1) is 10.1 Å². The van der Waals surface area contributed by atoms with Crippen LogP contribution in [0.2, 0.25) is 5.02 Å². The average Bonchev–Trinajstić information content (AvgIpc) is 2.70. The van der Waals surface area contributed by atoms with Gasteiger partial charge in [0.15, 0.2) is 12.3 Å². The number of Topliss-reactive ketones (excluding diaryl/α,β-unsaturated/α-hetero) is 1. The molecule has 0 aromatic heterocycles. The van der Waals surface area contributed by atoms with Gasteiger partial charge in [0, 0.05) is 11.6 Å². The molecule has 29 heavy (non-hydrogen) atoms. The molecule has 2 aromatic rings. The summed E-state index contributed by atoms with van der Waals surface area (Å²) in [6, 6.07) is 11.6. The first-order valence-electron chi connectivity index (χ1n) is 9.27. The molecule has 1 aliphatic rings. The number of para-hydroxylation sites is 1. The van der Waals surface area contributed by atoms with Gasteiger partial charge in [-0.15, -0.1) is 0 Å². The van der Waals surface area contributed by atoms with Gasteiger partial charge in [0.2, 0.25) is 0 Å². The van der Waals surface area contributed by atoms with E-state index in [0.717, 1.165) is 4.90 Å². The number of nitro benzene ring substituents is 1. The molecule has 0 unspecified atom stereocenters. The van der Waals surface area contributed by atoms with Gasteiger partial charge in [-0.1, -0.05) is 23.7 Å². The number of nitrogens with zero attached hydrogens (tertiary/aromatic N) is 2. The highest BCUT2D eigenvalue weighted by atomic mass is 35.5. The first-order valence-corrected chi connectivity index (χ1v) is 9.65. The Hall–Kier alpha value is -2.97. The van der Waals surface area contributed by atoms with E-state index in [-0.39, 0.29) is 17.4 Å². The lowest BCUT2D eigenvalue weighted by Crippen LogP contribution is -3.15. The molecule has 1 saturated heterocycles. The van der Waals surface area contributed by atoms with Crippen molar-refractivity contribution in [2.24, 2.45) is 0 Å². The summed E-state index contributed by atoms with van der Waals surface area (Å²) in [6.07, 6.45) is 0. The summed E-state index contributed by atoms with van der Waals surface area (Å²) in [5, 5.41) is 14.8. The summed E-state index contributed by atoms with van der Waals surface area (Å²) in [4.78, 5) is 37.8. The van der Waals surface area contributed by atoms with Crippen LogP contribution in [0.25, 0.3) is 0 Å². The zero-order valence-electron chi connectivity index (χ0n) is 16.0. The summed E-state index contributed by atoms with van der Waals surface area (Å²) in [6.45, 7) is 4.17. The molecule has 152 valence electrons. The zero-order valence-corrected chi connectivity index (χ0v) is 16.7. The fourth-order valence-corrected chi connectivity index (χ4v) is 3.56. The third-order valence-corrected chi connectivity index (χ3v) is 5.28. The summed E-state index contributed by atoms with van der Waals surface area (Å²) in [5.41, 5.74) is 1.33. The lowest BCUT2D eigenvalue weighted by Gasteiger charge is -2.33. The molecule has 1 amide bonds. The van der Waals surface area contributed by atoms with Crippen LogP contribution in [0.4, 0.5) is 17.1 Å². The van der Waals surface area contributed by atoms with Gasteiger partial charge in [0.25, 0.3) is 11.6 Å². The van der Waals surface area contributed by atoms with Crippen molar-refractivity contribution >= 4 is 40.4 Å². The molecule has 0 spiro atoms. The minimum Gasteiger partial charge on any atom is -0.355 e. The van der Waals surface area contributed by atoms with Crippen molar-refractivity contribution < 1.29 is 19.4 Å². The SMILES string of the molecule is CC(=O)c1ccc(N2CC[NH+](CC(=O)Nc3ccccc3Cl)CC2)c([N+](=O)[O-])c1. The summed E-state index contributed by atoms with van der Waals surface area (Å²) >= 11 is 6.06. The van der Waals surface area contributed by atoms with Crippen molar-refractivity contribution in [3.8, 4) is 0 Å². The molecule has 1 heterocycles. The molecule has 2 N–H and O–H groups in total. The maximum absolute atomic E-state index is 12.3. The Morgan fingerprint density at radius 2 is 1.90 bits per heavy atom. The summed E-state index contributed by atoms with van der Waals surface area (Å²) in [5.74, 6) is -0.336. The van der Waals surface area contributed by atoms with Crippen molar-refractivity contribution in [3.05, 3.63) is 63.2 Å². The van der Waals surface area contributed by atoms with Gasteiger partial charge in [-0.25, -0.2) is 0 Å². The smallest absolute Gasteiger partial charge is 0.293 e. The van der Waals surface area contributed by atoms with Gasteiger partial charge in [-0.2, -0.15) is 0 Å². The molecule has 8 nitrogen and oxygen atoms in total. The van der Waals surface area contributed by atoms with E-state index in [1.54, 1.807) is 36.4 Å². The quantitative estimate of drug-likeness (QED) is 0.424. The Labute approximate surface area is 173 Å². The molecule has 2 aromatic carbocycles. The Morgan fingerprint density at radius 1 is 1.21 bits per heavy atom. The minimum atomic E-state index is -0.460. The van der Waals surface area contributed by atoms with Crippen molar-refractivity contribution in [2.45, 2.75) is 6.92 Å². The van der Waals surface area contributed by atoms with E-state index in [2.05, 4.69) is 5.32 Å². The number of amides is 1. The van der Waals surface area contributed by atoms with E-state index < -0.39 is 4.92 Å². The lowest BCUT2D eigenvalue weighted by atomic mass is 10.1. The van der Waals surface area contributed by atoms with Crippen molar-refractivity contribution in [1.82, 2.24) is 0 Å². The number of benzene rings is 2. The van der Waals surface area contributed by atoms with E-state index >= 15 is 0 Å². The average molecular weight is 418 g/mol. The van der Waals surface area contributed by atoms with Gasteiger partial charge in [0.1, 0.15) is 5.69 Å². The first kappa shape index (κ1) is 20.8. The van der Waals surface area contributed by atoms with Gasteiger partial charge in [-0.3, -0.25) is 19.7 Å². The van der Waals surface area contributed by atoms with Crippen LogP contribution in [0.1, 0.15) is 17.3 Å². The second-order valence-electron chi connectivity index (χ2n) is 6.96. The predicted molar refractivity (Wildman–Crippen MR) is 111 cm³/mol. The maximum atomic E-state index is 12.3. The Balaban J connectivity index is 1.60. The standard InChI is InChI=1S/C20H21ClN4O4/c1-14(26)15-6-7-18(19(12-15)25(28)29)24-10-8-23(9-11-24)13-20(27)22-17-5-3-2-4-16(17)21/h2-7,12H,8-11,13H2,1H3,(H,22,27)/p+1. The maximum Gasteiger partial charge on any atom is 0.293 e. The van der Waals surface area contributed by atoms with Crippen LogP contribution in [-0.2, 0) is 4.79 Å². The second kappa shape index (κ2) is 9.02. The highest BCUT2D eigenvalue weighted by Gasteiger charge is 2.27. The van der Waals surface area contributed by atoms with Crippen LogP contribution in [-0.4, -0.2) is 49.3 Å². The third-order valence-electron chi connectivity index (χ3n) is 4.95. The number of hydrogen-bond donors (Lipinski definition) is 2. The summed E-state index contributed by atoms with van der Waals surface area (Å²) in [7, 11) is 0. The van der Waals surface area contributed by atoms with Crippen LogP contribution >= 0.6 is 11.6 Å². The number of halogens is 1. The number of carbonyl (C=O) groups excluding carboxylic acids is 2. The molecule has 0 saturated carbocycles. The fourth-order valence-electron chi connectivity index (χ4n) is 3.38. The monoisotopic (exact) mass is 417 g/mol. The van der Waals surface area contributed by atoms with Crippen molar-refractivity contribution in [3.63, 3.8) is 0 Å². The molecule has 3 rings (SSSR count). The molecule has 0 atom stereocenters. The number of rotatable bonds is 6. The number of anilines is 2. The number of nitro groups is 1. The van der Waals surface area contributed by atoms with Crippen LogP contribution in [0.5, 0.6) is 0 Å². The van der Waals surface area contributed by atoms with E-state index in [4.69, 9.17) is 11.6 Å². The van der Waals surface area contributed by atoms with Crippen molar-refractivity contribution in [2.75, 3.05) is 42.9 Å². The topological polar surface area (TPSA) is 97.0 Å². The molecule has 0 bridgehead atoms. The molecule has 1 aliphatic heterocycles. The normalized spacial score (nSPS) is 14.5. The molecule has 0 aliphatic carbocycles. The van der Waals surface area contributed by atoms with Crippen LogP contribution in [0.15, 0.2) is 42.5 Å². The molecule has 1 fully saturated rings. The number of piperazine rings is 1. The van der Waals surface area contributed by atoms with E-state index in [0.29, 0.717) is 54.7 Å².